The third-order valence-electron chi connectivity index (χ3n) is 3.88. The molecular formula is C17H27FN2. The van der Waals surface area contributed by atoms with E-state index in [4.69, 9.17) is 0 Å². The first-order valence-corrected chi connectivity index (χ1v) is 7.81. The zero-order valence-corrected chi connectivity index (χ0v) is 12.7. The molecule has 0 saturated carbocycles. The molecule has 1 atom stereocenters. The summed E-state index contributed by atoms with van der Waals surface area (Å²) in [5, 5.41) is 3.56. The summed E-state index contributed by atoms with van der Waals surface area (Å²) in [6.07, 6.45) is 2.56. The quantitative estimate of drug-likeness (QED) is 0.859. The van der Waals surface area contributed by atoms with Gasteiger partial charge in [-0.2, -0.15) is 0 Å². The molecule has 0 bridgehead atoms. The van der Waals surface area contributed by atoms with Gasteiger partial charge in [-0.15, -0.1) is 0 Å². The van der Waals surface area contributed by atoms with Gasteiger partial charge in [0, 0.05) is 13.1 Å². The number of piperidine rings is 1. The van der Waals surface area contributed by atoms with E-state index in [2.05, 4.69) is 24.1 Å². The van der Waals surface area contributed by atoms with E-state index in [-0.39, 0.29) is 5.82 Å². The summed E-state index contributed by atoms with van der Waals surface area (Å²) in [6, 6.07) is 6.99. The molecule has 1 unspecified atom stereocenters. The van der Waals surface area contributed by atoms with Crippen LogP contribution in [0.25, 0.3) is 0 Å². The van der Waals surface area contributed by atoms with Crippen LogP contribution in [0.2, 0.25) is 0 Å². The van der Waals surface area contributed by atoms with Gasteiger partial charge in [-0.25, -0.2) is 4.39 Å². The van der Waals surface area contributed by atoms with Crippen molar-refractivity contribution in [3.05, 3.63) is 35.6 Å². The molecular weight excluding hydrogens is 251 g/mol. The number of halogens is 1. The number of hydrogen-bond acceptors (Lipinski definition) is 2. The molecule has 0 spiro atoms. The number of likely N-dealkylation sites (tertiary alicyclic amines) is 1. The van der Waals surface area contributed by atoms with Crippen molar-refractivity contribution in [2.24, 2.45) is 11.8 Å². The second-order valence-electron chi connectivity index (χ2n) is 6.43. The standard InChI is InChI=1S/C17H27FN2/c1-14(2)10-19-11-16-6-4-8-20(13-16)12-15-5-3-7-17(18)9-15/h3,5,7,9,14,16,19H,4,6,8,10-13H2,1-2H3. The molecule has 1 N–H and O–H groups in total. The van der Waals surface area contributed by atoms with Crippen LogP contribution in [0, 0.1) is 17.7 Å². The largest absolute Gasteiger partial charge is 0.316 e. The lowest BCUT2D eigenvalue weighted by Gasteiger charge is -2.33. The second kappa shape index (κ2) is 7.75. The van der Waals surface area contributed by atoms with Gasteiger partial charge in [0.2, 0.25) is 0 Å². The molecule has 0 amide bonds. The van der Waals surface area contributed by atoms with Crippen LogP contribution in [0.15, 0.2) is 24.3 Å². The number of benzene rings is 1. The summed E-state index contributed by atoms with van der Waals surface area (Å²) in [5.74, 6) is 1.31. The highest BCUT2D eigenvalue weighted by Crippen LogP contribution is 2.18. The van der Waals surface area contributed by atoms with Crippen molar-refractivity contribution in [3.8, 4) is 0 Å². The zero-order valence-electron chi connectivity index (χ0n) is 12.7. The Balaban J connectivity index is 1.78. The van der Waals surface area contributed by atoms with Gasteiger partial charge in [0.25, 0.3) is 0 Å². The van der Waals surface area contributed by atoms with Gasteiger partial charge in [-0.1, -0.05) is 26.0 Å². The summed E-state index contributed by atoms with van der Waals surface area (Å²) < 4.78 is 13.2. The van der Waals surface area contributed by atoms with E-state index >= 15 is 0 Å². The normalized spacial score (nSPS) is 20.5. The zero-order chi connectivity index (χ0) is 14.4. The van der Waals surface area contributed by atoms with Crippen molar-refractivity contribution in [3.63, 3.8) is 0 Å². The van der Waals surface area contributed by atoms with E-state index in [1.54, 1.807) is 12.1 Å². The Labute approximate surface area is 122 Å². The van der Waals surface area contributed by atoms with Gasteiger partial charge in [0.1, 0.15) is 5.82 Å². The third kappa shape index (κ3) is 5.22. The summed E-state index contributed by atoms with van der Waals surface area (Å²) in [5.41, 5.74) is 1.08. The predicted molar refractivity (Wildman–Crippen MR) is 82.1 cm³/mol. The molecule has 2 rings (SSSR count). The molecule has 1 aromatic carbocycles. The Kier molecular flexibility index (Phi) is 5.99. The van der Waals surface area contributed by atoms with Crippen molar-refractivity contribution < 1.29 is 4.39 Å². The Morgan fingerprint density at radius 1 is 1.40 bits per heavy atom. The minimum Gasteiger partial charge on any atom is -0.316 e. The predicted octanol–water partition coefficient (Wildman–Crippen LogP) is 3.28. The van der Waals surface area contributed by atoms with Crippen molar-refractivity contribution >= 4 is 0 Å². The number of nitrogens with zero attached hydrogens (tertiary/aromatic N) is 1. The van der Waals surface area contributed by atoms with E-state index in [0.29, 0.717) is 5.92 Å². The van der Waals surface area contributed by atoms with Crippen LogP contribution in [0.5, 0.6) is 0 Å². The van der Waals surface area contributed by atoms with Crippen LogP contribution < -0.4 is 5.32 Å². The Hall–Kier alpha value is -0.930. The Bertz CT molecular complexity index is 406. The lowest BCUT2D eigenvalue weighted by atomic mass is 9.97. The molecule has 20 heavy (non-hydrogen) atoms. The van der Waals surface area contributed by atoms with Crippen molar-refractivity contribution in [2.75, 3.05) is 26.2 Å². The van der Waals surface area contributed by atoms with E-state index < -0.39 is 0 Å². The highest BCUT2D eigenvalue weighted by Gasteiger charge is 2.19. The summed E-state index contributed by atoms with van der Waals surface area (Å²) in [7, 11) is 0. The molecule has 1 aliphatic heterocycles. The molecule has 3 heteroatoms. The van der Waals surface area contributed by atoms with Crippen LogP contribution >= 0.6 is 0 Å². The van der Waals surface area contributed by atoms with Gasteiger partial charge >= 0.3 is 0 Å². The van der Waals surface area contributed by atoms with Gasteiger partial charge in [0.15, 0.2) is 0 Å². The van der Waals surface area contributed by atoms with Gasteiger partial charge in [0.05, 0.1) is 0 Å². The molecule has 1 aromatic rings. The third-order valence-corrected chi connectivity index (χ3v) is 3.88. The van der Waals surface area contributed by atoms with Crippen LogP contribution in [0.1, 0.15) is 32.3 Å². The molecule has 112 valence electrons. The highest BCUT2D eigenvalue weighted by molar-refractivity contribution is 5.16. The summed E-state index contributed by atoms with van der Waals surface area (Å²) >= 11 is 0. The van der Waals surface area contributed by atoms with Crippen molar-refractivity contribution in [1.29, 1.82) is 0 Å². The Morgan fingerprint density at radius 2 is 2.25 bits per heavy atom. The van der Waals surface area contributed by atoms with Crippen LogP contribution in [0.3, 0.4) is 0 Å². The highest BCUT2D eigenvalue weighted by atomic mass is 19.1. The summed E-state index contributed by atoms with van der Waals surface area (Å²) in [4.78, 5) is 2.46. The first kappa shape index (κ1) is 15.5. The molecule has 2 nitrogen and oxygen atoms in total. The minimum atomic E-state index is -0.130. The molecule has 1 aliphatic rings. The fraction of sp³-hybridized carbons (Fsp3) is 0.647. The Morgan fingerprint density at radius 3 is 3.00 bits per heavy atom. The van der Waals surface area contributed by atoms with E-state index in [1.165, 1.54) is 18.9 Å². The summed E-state index contributed by atoms with van der Waals surface area (Å²) in [6.45, 7) is 9.82. The average Bonchev–Trinajstić information content (AvgIpc) is 2.39. The maximum atomic E-state index is 13.2. The first-order valence-electron chi connectivity index (χ1n) is 7.81. The van der Waals surface area contributed by atoms with Gasteiger partial charge in [-0.05, 0) is 62.0 Å². The van der Waals surface area contributed by atoms with Crippen LogP contribution in [0.4, 0.5) is 4.39 Å². The van der Waals surface area contributed by atoms with Gasteiger partial charge < -0.3 is 5.32 Å². The molecule has 0 aliphatic carbocycles. The first-order chi connectivity index (χ1) is 9.63. The minimum absolute atomic E-state index is 0.130. The number of rotatable bonds is 6. The van der Waals surface area contributed by atoms with Crippen LogP contribution in [-0.2, 0) is 6.54 Å². The average molecular weight is 278 g/mol. The van der Waals surface area contributed by atoms with E-state index in [0.717, 1.165) is 44.2 Å². The molecule has 1 saturated heterocycles. The smallest absolute Gasteiger partial charge is 0.123 e. The van der Waals surface area contributed by atoms with E-state index in [9.17, 15) is 4.39 Å². The molecule has 1 heterocycles. The topological polar surface area (TPSA) is 15.3 Å². The fourth-order valence-electron chi connectivity index (χ4n) is 2.93. The number of nitrogens with one attached hydrogen (secondary N) is 1. The monoisotopic (exact) mass is 278 g/mol. The molecule has 1 fully saturated rings. The second-order valence-corrected chi connectivity index (χ2v) is 6.43. The van der Waals surface area contributed by atoms with Crippen LogP contribution in [-0.4, -0.2) is 31.1 Å². The molecule has 0 radical (unpaired) electrons. The lowest BCUT2D eigenvalue weighted by Crippen LogP contribution is -2.39. The van der Waals surface area contributed by atoms with Gasteiger partial charge in [-0.3, -0.25) is 4.90 Å². The van der Waals surface area contributed by atoms with Crippen molar-refractivity contribution in [1.82, 2.24) is 10.2 Å². The molecule has 0 aromatic heterocycles. The maximum absolute atomic E-state index is 13.2. The maximum Gasteiger partial charge on any atom is 0.123 e. The fourth-order valence-corrected chi connectivity index (χ4v) is 2.93. The van der Waals surface area contributed by atoms with E-state index in [1.807, 2.05) is 6.07 Å². The lowest BCUT2D eigenvalue weighted by molar-refractivity contribution is 0.164. The SMILES string of the molecule is CC(C)CNCC1CCCN(Cc2cccc(F)c2)C1. The van der Waals surface area contributed by atoms with Crippen molar-refractivity contribution in [2.45, 2.75) is 33.2 Å². The number of hydrogen-bond donors (Lipinski definition) is 1.